The summed E-state index contributed by atoms with van der Waals surface area (Å²) >= 11 is 5.98. The Kier molecular flexibility index (Phi) is 6.15. The van der Waals surface area contributed by atoms with Crippen molar-refractivity contribution in [1.29, 1.82) is 0 Å². The summed E-state index contributed by atoms with van der Waals surface area (Å²) in [7, 11) is 2.10. The van der Waals surface area contributed by atoms with Gasteiger partial charge in [-0.25, -0.2) is 9.37 Å². The molecule has 1 aromatic carbocycles. The lowest BCUT2D eigenvalue weighted by molar-refractivity contribution is 0.0988. The van der Waals surface area contributed by atoms with Gasteiger partial charge < -0.3 is 14.8 Å². The molecule has 3 heterocycles. The first-order chi connectivity index (χ1) is 14.9. The van der Waals surface area contributed by atoms with Gasteiger partial charge in [-0.3, -0.25) is 9.59 Å². The zero-order valence-corrected chi connectivity index (χ0v) is 17.8. The Morgan fingerprint density at radius 1 is 1.16 bits per heavy atom. The lowest BCUT2D eigenvalue weighted by Gasteiger charge is -2.33. The second-order valence-corrected chi connectivity index (χ2v) is 8.05. The van der Waals surface area contributed by atoms with Crippen LogP contribution in [0.1, 0.15) is 32.0 Å². The number of carbonyl (C=O) groups is 2. The Balaban J connectivity index is 1.43. The number of hydrogen-bond acceptors (Lipinski definition) is 5. The van der Waals surface area contributed by atoms with Gasteiger partial charge in [0, 0.05) is 50.6 Å². The van der Waals surface area contributed by atoms with Gasteiger partial charge in [0.25, 0.3) is 0 Å². The number of nitrogens with zero attached hydrogens (tertiary/aromatic N) is 3. The molecule has 3 aromatic rings. The molecule has 0 unspecified atom stereocenters. The fraction of sp³-hybridized carbons (Fsp3) is 0.261. The van der Waals surface area contributed by atoms with E-state index in [1.165, 1.54) is 30.5 Å². The summed E-state index contributed by atoms with van der Waals surface area (Å²) in [5, 5.41) is 0.0330. The number of ketones is 2. The third-order valence-electron chi connectivity index (χ3n) is 5.44. The molecule has 1 aliphatic heterocycles. The van der Waals surface area contributed by atoms with Gasteiger partial charge in [0.05, 0.1) is 16.3 Å². The lowest BCUT2D eigenvalue weighted by Crippen LogP contribution is -2.44. The van der Waals surface area contributed by atoms with E-state index in [-0.39, 0.29) is 34.0 Å². The highest BCUT2D eigenvalue weighted by Crippen LogP contribution is 2.23. The van der Waals surface area contributed by atoms with Crippen LogP contribution in [-0.2, 0) is 6.42 Å². The molecule has 1 N–H and O–H groups in total. The van der Waals surface area contributed by atoms with E-state index in [0.29, 0.717) is 0 Å². The number of benzene rings is 1. The molecule has 0 spiro atoms. The van der Waals surface area contributed by atoms with Crippen LogP contribution < -0.4 is 4.90 Å². The van der Waals surface area contributed by atoms with Crippen molar-refractivity contribution < 1.29 is 14.0 Å². The van der Waals surface area contributed by atoms with Crippen molar-refractivity contribution in [2.24, 2.45) is 0 Å². The SMILES string of the molecule is CN1CCN(c2ccc(CC(=O)c3cc(C(=O)c4c(F)cccc4Cl)c[nH]3)cn2)CC1. The molecule has 0 atom stereocenters. The maximum Gasteiger partial charge on any atom is 0.199 e. The number of Topliss-reactive ketones (excluding diaryl/α,β-unsaturated/α-hetero) is 1. The number of aromatic amines is 1. The van der Waals surface area contributed by atoms with Crippen LogP contribution in [0.3, 0.4) is 0 Å². The Labute approximate surface area is 184 Å². The predicted octanol–water partition coefficient (Wildman–Crippen LogP) is 3.61. The van der Waals surface area contributed by atoms with E-state index in [4.69, 9.17) is 11.6 Å². The maximum atomic E-state index is 14.0. The summed E-state index contributed by atoms with van der Waals surface area (Å²) < 4.78 is 14.0. The van der Waals surface area contributed by atoms with Crippen LogP contribution in [0.5, 0.6) is 0 Å². The van der Waals surface area contributed by atoms with Crippen molar-refractivity contribution in [2.75, 3.05) is 38.1 Å². The van der Waals surface area contributed by atoms with E-state index in [9.17, 15) is 14.0 Å². The highest BCUT2D eigenvalue weighted by molar-refractivity contribution is 6.35. The minimum absolute atomic E-state index is 0.0330. The average Bonchev–Trinajstić information content (AvgIpc) is 3.25. The van der Waals surface area contributed by atoms with Crippen molar-refractivity contribution in [2.45, 2.75) is 6.42 Å². The third-order valence-corrected chi connectivity index (χ3v) is 5.75. The number of hydrogen-bond donors (Lipinski definition) is 1. The summed E-state index contributed by atoms with van der Waals surface area (Å²) in [5.41, 5.74) is 1.03. The molecule has 160 valence electrons. The lowest BCUT2D eigenvalue weighted by atomic mass is 10.0. The number of rotatable bonds is 6. The molecule has 1 fully saturated rings. The molecule has 2 aromatic heterocycles. The van der Waals surface area contributed by atoms with Gasteiger partial charge in [-0.1, -0.05) is 23.7 Å². The number of H-pyrrole nitrogens is 1. The quantitative estimate of drug-likeness (QED) is 0.593. The van der Waals surface area contributed by atoms with Gasteiger partial charge in [-0.05, 0) is 36.9 Å². The molecule has 0 bridgehead atoms. The Bertz CT molecular complexity index is 1080. The van der Waals surface area contributed by atoms with Crippen molar-refractivity contribution in [3.05, 3.63) is 82.0 Å². The smallest absolute Gasteiger partial charge is 0.199 e. The molecule has 4 rings (SSSR count). The highest BCUT2D eigenvalue weighted by atomic mass is 35.5. The van der Waals surface area contributed by atoms with Crippen LogP contribution in [-0.4, -0.2) is 59.7 Å². The normalized spacial score (nSPS) is 14.6. The van der Waals surface area contributed by atoms with Gasteiger partial charge in [-0.15, -0.1) is 0 Å². The maximum absolute atomic E-state index is 14.0. The largest absolute Gasteiger partial charge is 0.358 e. The van der Waals surface area contributed by atoms with Crippen LogP contribution in [0.2, 0.25) is 5.02 Å². The first-order valence-corrected chi connectivity index (χ1v) is 10.4. The third kappa shape index (κ3) is 4.68. The van der Waals surface area contributed by atoms with Crippen LogP contribution >= 0.6 is 11.6 Å². The standard InChI is InChI=1S/C23H22ClFN4O2/c1-28-7-9-29(10-8-28)21-6-5-15(13-27-21)11-20(30)19-12-16(14-26-19)23(31)22-17(24)3-2-4-18(22)25/h2-6,12-14,26H,7-11H2,1H3. The van der Waals surface area contributed by atoms with Gasteiger partial charge in [-0.2, -0.15) is 0 Å². The first-order valence-electron chi connectivity index (χ1n) is 10.0. The van der Waals surface area contributed by atoms with E-state index in [0.717, 1.165) is 37.6 Å². The average molecular weight is 441 g/mol. The van der Waals surface area contributed by atoms with E-state index in [1.807, 2.05) is 12.1 Å². The van der Waals surface area contributed by atoms with E-state index in [1.54, 1.807) is 6.20 Å². The van der Waals surface area contributed by atoms with Crippen molar-refractivity contribution in [3.63, 3.8) is 0 Å². The predicted molar refractivity (Wildman–Crippen MR) is 118 cm³/mol. The second kappa shape index (κ2) is 8.99. The Hall–Kier alpha value is -3.03. The molecule has 31 heavy (non-hydrogen) atoms. The summed E-state index contributed by atoms with van der Waals surface area (Å²) in [6.45, 7) is 3.84. The zero-order chi connectivity index (χ0) is 22.0. The number of aromatic nitrogens is 2. The van der Waals surface area contributed by atoms with E-state index < -0.39 is 11.6 Å². The Morgan fingerprint density at radius 3 is 2.61 bits per heavy atom. The fourth-order valence-electron chi connectivity index (χ4n) is 3.57. The van der Waals surface area contributed by atoms with Crippen molar-refractivity contribution in [3.8, 4) is 0 Å². The molecular formula is C23H22ClFN4O2. The molecule has 1 saturated heterocycles. The molecular weight excluding hydrogens is 419 g/mol. The van der Waals surface area contributed by atoms with Crippen molar-refractivity contribution in [1.82, 2.24) is 14.9 Å². The minimum Gasteiger partial charge on any atom is -0.358 e. The van der Waals surface area contributed by atoms with Gasteiger partial charge in [0.1, 0.15) is 11.6 Å². The van der Waals surface area contributed by atoms with Crippen LogP contribution in [0.15, 0.2) is 48.8 Å². The number of piperazine rings is 1. The minimum atomic E-state index is -0.696. The molecule has 0 amide bonds. The Morgan fingerprint density at radius 2 is 1.94 bits per heavy atom. The number of pyridine rings is 1. The molecule has 1 aliphatic rings. The number of carbonyl (C=O) groups excluding carboxylic acids is 2. The number of anilines is 1. The summed E-state index contributed by atoms with van der Waals surface area (Å²) in [4.78, 5) is 37.1. The summed E-state index contributed by atoms with van der Waals surface area (Å²) in [5.74, 6) is -0.554. The van der Waals surface area contributed by atoms with E-state index >= 15 is 0 Å². The summed E-state index contributed by atoms with van der Waals surface area (Å²) in [6, 6.07) is 9.32. The van der Waals surface area contributed by atoms with Crippen LogP contribution in [0.4, 0.5) is 10.2 Å². The highest BCUT2D eigenvalue weighted by Gasteiger charge is 2.21. The second-order valence-electron chi connectivity index (χ2n) is 7.64. The molecule has 6 nitrogen and oxygen atoms in total. The van der Waals surface area contributed by atoms with Gasteiger partial charge in [0.15, 0.2) is 11.6 Å². The number of nitrogens with one attached hydrogen (secondary N) is 1. The van der Waals surface area contributed by atoms with Crippen LogP contribution in [0, 0.1) is 5.82 Å². The van der Waals surface area contributed by atoms with Crippen molar-refractivity contribution >= 4 is 29.0 Å². The molecule has 8 heteroatoms. The van der Waals surface area contributed by atoms with Gasteiger partial charge >= 0.3 is 0 Å². The molecule has 0 radical (unpaired) electrons. The monoisotopic (exact) mass is 440 g/mol. The zero-order valence-electron chi connectivity index (χ0n) is 17.1. The van der Waals surface area contributed by atoms with Crippen LogP contribution in [0.25, 0.3) is 0 Å². The fourth-order valence-corrected chi connectivity index (χ4v) is 3.82. The first kappa shape index (κ1) is 21.2. The topological polar surface area (TPSA) is 69.3 Å². The number of halogens is 2. The molecule has 0 aliphatic carbocycles. The molecule has 0 saturated carbocycles. The summed E-state index contributed by atoms with van der Waals surface area (Å²) in [6.07, 6.45) is 3.25. The van der Waals surface area contributed by atoms with Gasteiger partial charge in [0.2, 0.25) is 0 Å². The number of likely N-dealkylation sites (N-methyl/N-ethyl adjacent to an activating group) is 1. The van der Waals surface area contributed by atoms with E-state index in [2.05, 4.69) is 26.8 Å².